The number of halogens is 1. The lowest BCUT2D eigenvalue weighted by Gasteiger charge is -2.18. The number of pyridine rings is 1. The largest absolute Gasteiger partial charge is 0.264 e. The van der Waals surface area contributed by atoms with Crippen molar-refractivity contribution < 1.29 is 12.6 Å². The third kappa shape index (κ3) is 6.91. The fourth-order valence-electron chi connectivity index (χ4n) is 4.17. The topological polar surface area (TPSA) is 56.3 Å². The molecular formula is C30H28ClNO3S. The van der Waals surface area contributed by atoms with Gasteiger partial charge in [0.05, 0.1) is 17.5 Å². The monoisotopic (exact) mass is 517 g/mol. The second-order valence-corrected chi connectivity index (χ2v) is 10.9. The van der Waals surface area contributed by atoms with E-state index in [0.29, 0.717) is 17.9 Å². The smallest absolute Gasteiger partial charge is 0.262 e. The minimum atomic E-state index is -3.65. The maximum absolute atomic E-state index is 12.1. The standard InChI is InChI=1S/C30H28ClNO3S/c1-21(2)28-10-5-4-8-23(28)14-18-30(35-36(3,33)34)25-9-6-7-22(19-25)11-16-27-17-13-24-12-15-26(31)20-29(24)32-27/h4-13,15-17,19-20,30H,1,14,18H2,2-3H3/t30-/m0/s1. The van der Waals surface area contributed by atoms with Crippen LogP contribution in [0.4, 0.5) is 0 Å². The first-order valence-corrected chi connectivity index (χ1v) is 13.8. The summed E-state index contributed by atoms with van der Waals surface area (Å²) >= 11 is 6.11. The van der Waals surface area contributed by atoms with Gasteiger partial charge in [0.2, 0.25) is 0 Å². The van der Waals surface area contributed by atoms with Crippen LogP contribution in [0.3, 0.4) is 0 Å². The summed E-state index contributed by atoms with van der Waals surface area (Å²) in [6, 6.07) is 25.3. The Hall–Kier alpha value is -3.25. The van der Waals surface area contributed by atoms with Crippen LogP contribution >= 0.6 is 11.6 Å². The summed E-state index contributed by atoms with van der Waals surface area (Å²) in [5.74, 6) is 0. The number of aryl methyl sites for hydroxylation is 1. The van der Waals surface area contributed by atoms with Crippen LogP contribution in [-0.2, 0) is 20.7 Å². The Morgan fingerprint density at radius 1 is 1.03 bits per heavy atom. The van der Waals surface area contributed by atoms with E-state index >= 15 is 0 Å². The Morgan fingerprint density at radius 3 is 2.58 bits per heavy atom. The number of rotatable bonds is 9. The lowest BCUT2D eigenvalue weighted by molar-refractivity contribution is 0.205. The SMILES string of the molecule is C=C(C)c1ccccc1CC[C@H](OS(C)(=O)=O)c1cccc(C=Cc2ccc3ccc(Cl)cc3n2)c1. The average Bonchev–Trinajstić information content (AvgIpc) is 2.84. The van der Waals surface area contributed by atoms with Gasteiger partial charge in [-0.05, 0) is 72.4 Å². The minimum Gasteiger partial charge on any atom is -0.262 e. The third-order valence-electron chi connectivity index (χ3n) is 5.85. The Labute approximate surface area is 218 Å². The van der Waals surface area contributed by atoms with Gasteiger partial charge in [0.15, 0.2) is 0 Å². The maximum atomic E-state index is 12.1. The second kappa shape index (κ2) is 11.2. The molecule has 1 atom stereocenters. The summed E-state index contributed by atoms with van der Waals surface area (Å²) < 4.78 is 29.6. The van der Waals surface area contributed by atoms with Gasteiger partial charge in [-0.15, -0.1) is 0 Å². The highest BCUT2D eigenvalue weighted by molar-refractivity contribution is 7.86. The quantitative estimate of drug-likeness (QED) is 0.213. The minimum absolute atomic E-state index is 0.511. The van der Waals surface area contributed by atoms with Gasteiger partial charge < -0.3 is 0 Å². The fourth-order valence-corrected chi connectivity index (χ4v) is 4.96. The molecule has 0 N–H and O–H groups in total. The van der Waals surface area contributed by atoms with Crippen molar-refractivity contribution in [3.8, 4) is 0 Å². The summed E-state index contributed by atoms with van der Waals surface area (Å²) in [7, 11) is -3.65. The Kier molecular flexibility index (Phi) is 8.04. The van der Waals surface area contributed by atoms with Crippen molar-refractivity contribution in [1.82, 2.24) is 4.98 Å². The number of benzene rings is 3. The normalized spacial score (nSPS) is 12.8. The van der Waals surface area contributed by atoms with Crippen LogP contribution in [0.15, 0.2) is 85.4 Å². The third-order valence-corrected chi connectivity index (χ3v) is 6.67. The molecule has 184 valence electrons. The number of hydrogen-bond donors (Lipinski definition) is 0. The van der Waals surface area contributed by atoms with E-state index in [0.717, 1.165) is 50.7 Å². The number of aromatic nitrogens is 1. The van der Waals surface area contributed by atoms with Crippen molar-refractivity contribution in [3.05, 3.63) is 118 Å². The Morgan fingerprint density at radius 2 is 1.81 bits per heavy atom. The molecule has 0 fully saturated rings. The number of allylic oxidation sites excluding steroid dienone is 1. The first-order valence-electron chi connectivity index (χ1n) is 11.6. The molecule has 1 aromatic heterocycles. The van der Waals surface area contributed by atoms with Crippen LogP contribution < -0.4 is 0 Å². The summed E-state index contributed by atoms with van der Waals surface area (Å²) in [5, 5.41) is 1.67. The van der Waals surface area contributed by atoms with Crippen molar-refractivity contribution >= 4 is 50.3 Å². The summed E-state index contributed by atoms with van der Waals surface area (Å²) in [6.45, 7) is 6.03. The lowest BCUT2D eigenvalue weighted by atomic mass is 9.95. The molecule has 0 aliphatic rings. The van der Waals surface area contributed by atoms with Crippen LogP contribution in [0.25, 0.3) is 28.6 Å². The van der Waals surface area contributed by atoms with Crippen molar-refractivity contribution in [3.63, 3.8) is 0 Å². The molecule has 4 aromatic rings. The fraction of sp³-hybridized carbons (Fsp3) is 0.167. The average molecular weight is 518 g/mol. The van der Waals surface area contributed by atoms with Gasteiger partial charge in [-0.3, -0.25) is 4.18 Å². The van der Waals surface area contributed by atoms with E-state index in [1.165, 1.54) is 0 Å². The van der Waals surface area contributed by atoms with Crippen LogP contribution in [-0.4, -0.2) is 19.7 Å². The first-order chi connectivity index (χ1) is 17.2. The van der Waals surface area contributed by atoms with Gasteiger partial charge in [-0.25, -0.2) is 4.98 Å². The van der Waals surface area contributed by atoms with Gasteiger partial charge >= 0.3 is 0 Å². The van der Waals surface area contributed by atoms with Crippen molar-refractivity contribution in [2.75, 3.05) is 6.26 Å². The molecule has 3 aromatic carbocycles. The number of nitrogens with zero attached hydrogens (tertiary/aromatic N) is 1. The molecule has 0 saturated carbocycles. The molecule has 0 saturated heterocycles. The van der Waals surface area contributed by atoms with E-state index in [1.54, 1.807) is 0 Å². The molecular weight excluding hydrogens is 490 g/mol. The molecule has 0 radical (unpaired) electrons. The van der Waals surface area contributed by atoms with E-state index in [9.17, 15) is 8.42 Å². The zero-order chi connectivity index (χ0) is 25.7. The zero-order valence-corrected chi connectivity index (χ0v) is 21.9. The van der Waals surface area contributed by atoms with Gasteiger partial charge in [0.1, 0.15) is 6.10 Å². The summed E-state index contributed by atoms with van der Waals surface area (Å²) in [5.41, 5.74) is 6.52. The number of hydrogen-bond acceptors (Lipinski definition) is 4. The van der Waals surface area contributed by atoms with E-state index in [4.69, 9.17) is 15.8 Å². The number of fused-ring (bicyclic) bond motifs is 1. The van der Waals surface area contributed by atoms with E-state index < -0.39 is 16.2 Å². The molecule has 6 heteroatoms. The summed E-state index contributed by atoms with van der Waals surface area (Å²) in [4.78, 5) is 4.66. The van der Waals surface area contributed by atoms with Crippen molar-refractivity contribution in [1.29, 1.82) is 0 Å². The van der Waals surface area contributed by atoms with Gasteiger partial charge in [0.25, 0.3) is 10.1 Å². The van der Waals surface area contributed by atoms with E-state index in [2.05, 4.69) is 11.6 Å². The molecule has 36 heavy (non-hydrogen) atoms. The van der Waals surface area contributed by atoms with Crippen LogP contribution in [0, 0.1) is 0 Å². The lowest BCUT2D eigenvalue weighted by Crippen LogP contribution is -2.12. The molecule has 0 aliphatic carbocycles. The van der Waals surface area contributed by atoms with Crippen molar-refractivity contribution in [2.45, 2.75) is 25.9 Å². The maximum Gasteiger partial charge on any atom is 0.264 e. The van der Waals surface area contributed by atoms with Gasteiger partial charge in [-0.2, -0.15) is 8.42 Å². The van der Waals surface area contributed by atoms with Crippen LogP contribution in [0.5, 0.6) is 0 Å². The zero-order valence-electron chi connectivity index (χ0n) is 20.3. The van der Waals surface area contributed by atoms with Gasteiger partial charge in [0, 0.05) is 10.4 Å². The molecule has 0 amide bonds. The Balaban J connectivity index is 1.58. The predicted molar refractivity (Wildman–Crippen MR) is 150 cm³/mol. The highest BCUT2D eigenvalue weighted by atomic mass is 35.5. The highest BCUT2D eigenvalue weighted by Gasteiger charge is 2.19. The first kappa shape index (κ1) is 25.8. The molecule has 0 spiro atoms. The molecule has 0 bridgehead atoms. The molecule has 4 nitrogen and oxygen atoms in total. The van der Waals surface area contributed by atoms with E-state index in [1.807, 2.05) is 97.9 Å². The second-order valence-electron chi connectivity index (χ2n) is 8.84. The van der Waals surface area contributed by atoms with Gasteiger partial charge in [-0.1, -0.05) is 84.4 Å². The predicted octanol–water partition coefficient (Wildman–Crippen LogP) is 7.74. The highest BCUT2D eigenvalue weighted by Crippen LogP contribution is 2.28. The molecule has 1 heterocycles. The molecule has 0 unspecified atom stereocenters. The van der Waals surface area contributed by atoms with Crippen LogP contribution in [0.2, 0.25) is 5.02 Å². The van der Waals surface area contributed by atoms with Crippen molar-refractivity contribution in [2.24, 2.45) is 0 Å². The van der Waals surface area contributed by atoms with E-state index in [-0.39, 0.29) is 0 Å². The molecule has 4 rings (SSSR count). The summed E-state index contributed by atoms with van der Waals surface area (Å²) in [6.07, 6.45) is 5.53. The molecule has 0 aliphatic heterocycles. The van der Waals surface area contributed by atoms with Crippen LogP contribution in [0.1, 0.15) is 47.4 Å². The Bertz CT molecular complexity index is 1540.